The standard InChI is InChI=1S/C22H23NO5S/c1-16(2)28-20-11-9-19(10-12-20)23(15-22(24)27-3)29(25,26)21-13-8-17-6-4-5-7-18(17)14-21/h4-14,16H,15H2,1-3H3. The van der Waals surface area contributed by atoms with E-state index in [0.717, 1.165) is 15.1 Å². The second kappa shape index (κ2) is 8.53. The number of anilines is 1. The highest BCUT2D eigenvalue weighted by molar-refractivity contribution is 7.92. The number of carbonyl (C=O) groups excluding carboxylic acids is 1. The van der Waals surface area contributed by atoms with Crippen molar-refractivity contribution in [2.75, 3.05) is 18.0 Å². The summed E-state index contributed by atoms with van der Waals surface area (Å²) in [6.07, 6.45) is -0.00615. The van der Waals surface area contributed by atoms with Gasteiger partial charge in [0.1, 0.15) is 12.3 Å². The predicted octanol–water partition coefficient (Wildman–Crippen LogP) is 4.00. The van der Waals surface area contributed by atoms with Gasteiger partial charge in [-0.25, -0.2) is 8.42 Å². The van der Waals surface area contributed by atoms with Gasteiger partial charge in [0.2, 0.25) is 0 Å². The quantitative estimate of drug-likeness (QED) is 0.548. The molecule has 0 N–H and O–H groups in total. The number of fused-ring (bicyclic) bond motifs is 1. The molecule has 0 aliphatic heterocycles. The molecule has 3 aromatic carbocycles. The van der Waals surface area contributed by atoms with E-state index in [-0.39, 0.29) is 11.0 Å². The van der Waals surface area contributed by atoms with Gasteiger partial charge in [-0.3, -0.25) is 9.10 Å². The second-order valence-corrected chi connectivity index (χ2v) is 8.62. The molecule has 0 saturated heterocycles. The monoisotopic (exact) mass is 413 g/mol. The Labute approximate surface area is 170 Å². The van der Waals surface area contributed by atoms with E-state index in [9.17, 15) is 13.2 Å². The Kier molecular flexibility index (Phi) is 6.08. The lowest BCUT2D eigenvalue weighted by Gasteiger charge is -2.24. The van der Waals surface area contributed by atoms with Crippen molar-refractivity contribution in [1.29, 1.82) is 0 Å². The number of sulfonamides is 1. The Hall–Kier alpha value is -3.06. The minimum Gasteiger partial charge on any atom is -0.491 e. The minimum atomic E-state index is -3.99. The Morgan fingerprint density at radius 2 is 1.62 bits per heavy atom. The van der Waals surface area contributed by atoms with E-state index in [1.165, 1.54) is 13.2 Å². The van der Waals surface area contributed by atoms with Crippen molar-refractivity contribution in [2.45, 2.75) is 24.8 Å². The van der Waals surface area contributed by atoms with E-state index < -0.39 is 22.5 Å². The molecule has 0 bridgehead atoms. The summed E-state index contributed by atoms with van der Waals surface area (Å²) in [6, 6.07) is 19.0. The summed E-state index contributed by atoms with van der Waals surface area (Å²) in [5.74, 6) is -0.0401. The molecule has 0 amide bonds. The zero-order valence-corrected chi connectivity index (χ0v) is 17.3. The molecule has 7 heteroatoms. The summed E-state index contributed by atoms with van der Waals surface area (Å²) in [4.78, 5) is 12.0. The summed E-state index contributed by atoms with van der Waals surface area (Å²) in [7, 11) is -2.77. The summed E-state index contributed by atoms with van der Waals surface area (Å²) < 4.78 is 38.1. The van der Waals surface area contributed by atoms with E-state index in [1.54, 1.807) is 36.4 Å². The smallest absolute Gasteiger partial charge is 0.326 e. The van der Waals surface area contributed by atoms with Crippen LogP contribution in [-0.2, 0) is 19.6 Å². The lowest BCUT2D eigenvalue weighted by atomic mass is 10.1. The van der Waals surface area contributed by atoms with Crippen LogP contribution in [0.15, 0.2) is 71.6 Å². The van der Waals surface area contributed by atoms with Crippen LogP contribution in [0.25, 0.3) is 10.8 Å². The number of hydrogen-bond donors (Lipinski definition) is 0. The molecule has 152 valence electrons. The molecular weight excluding hydrogens is 390 g/mol. The number of benzene rings is 3. The van der Waals surface area contributed by atoms with Crippen molar-refractivity contribution in [2.24, 2.45) is 0 Å². The number of carbonyl (C=O) groups is 1. The SMILES string of the molecule is COC(=O)CN(c1ccc(OC(C)C)cc1)S(=O)(=O)c1ccc2ccccc2c1. The average Bonchev–Trinajstić information content (AvgIpc) is 2.71. The first kappa shape index (κ1) is 20.7. The van der Waals surface area contributed by atoms with Gasteiger partial charge in [-0.2, -0.15) is 0 Å². The molecule has 0 saturated carbocycles. The highest BCUT2D eigenvalue weighted by atomic mass is 32.2. The van der Waals surface area contributed by atoms with Crippen molar-refractivity contribution in [1.82, 2.24) is 0 Å². The molecule has 0 aromatic heterocycles. The average molecular weight is 413 g/mol. The van der Waals surface area contributed by atoms with Crippen LogP contribution < -0.4 is 9.04 Å². The Balaban J connectivity index is 2.03. The fourth-order valence-corrected chi connectivity index (χ4v) is 4.36. The maximum Gasteiger partial charge on any atom is 0.326 e. The third-order valence-electron chi connectivity index (χ3n) is 4.31. The van der Waals surface area contributed by atoms with Crippen LogP contribution >= 0.6 is 0 Å². The molecule has 0 unspecified atom stereocenters. The molecule has 6 nitrogen and oxygen atoms in total. The summed E-state index contributed by atoms with van der Waals surface area (Å²) in [5.41, 5.74) is 0.347. The summed E-state index contributed by atoms with van der Waals surface area (Å²) in [5, 5.41) is 1.73. The van der Waals surface area contributed by atoms with Crippen LogP contribution in [-0.4, -0.2) is 34.1 Å². The first-order chi connectivity index (χ1) is 13.8. The third kappa shape index (κ3) is 4.68. The van der Waals surface area contributed by atoms with Crippen LogP contribution in [0.5, 0.6) is 5.75 Å². The van der Waals surface area contributed by atoms with Crippen molar-refractivity contribution < 1.29 is 22.7 Å². The number of rotatable bonds is 7. The first-order valence-electron chi connectivity index (χ1n) is 9.16. The van der Waals surface area contributed by atoms with E-state index in [0.29, 0.717) is 11.4 Å². The van der Waals surface area contributed by atoms with Gasteiger partial charge in [-0.15, -0.1) is 0 Å². The normalized spacial score (nSPS) is 11.4. The van der Waals surface area contributed by atoms with Crippen molar-refractivity contribution in [3.8, 4) is 5.75 Å². The number of nitrogens with zero attached hydrogens (tertiary/aromatic N) is 1. The van der Waals surface area contributed by atoms with Gasteiger partial charge in [0.05, 0.1) is 23.8 Å². The van der Waals surface area contributed by atoms with Crippen molar-refractivity contribution >= 4 is 32.5 Å². The fourth-order valence-electron chi connectivity index (χ4n) is 2.92. The van der Waals surface area contributed by atoms with Gasteiger partial charge < -0.3 is 9.47 Å². The van der Waals surface area contributed by atoms with Crippen molar-refractivity contribution in [3.63, 3.8) is 0 Å². The van der Waals surface area contributed by atoms with E-state index in [2.05, 4.69) is 0 Å². The third-order valence-corrected chi connectivity index (χ3v) is 6.08. The second-order valence-electron chi connectivity index (χ2n) is 6.76. The molecular formula is C22H23NO5S. The maximum absolute atomic E-state index is 13.4. The van der Waals surface area contributed by atoms with Crippen LogP contribution in [0.3, 0.4) is 0 Å². The molecule has 0 fully saturated rings. The molecule has 0 heterocycles. The van der Waals surface area contributed by atoms with Crippen molar-refractivity contribution in [3.05, 3.63) is 66.7 Å². The van der Waals surface area contributed by atoms with Gasteiger partial charge in [0.15, 0.2) is 0 Å². The number of hydrogen-bond acceptors (Lipinski definition) is 5. The van der Waals surface area contributed by atoms with Crippen LogP contribution in [0.2, 0.25) is 0 Å². The molecule has 0 aliphatic rings. The fraction of sp³-hybridized carbons (Fsp3) is 0.227. The number of methoxy groups -OCH3 is 1. The van der Waals surface area contributed by atoms with Crippen LogP contribution in [0.4, 0.5) is 5.69 Å². The van der Waals surface area contributed by atoms with E-state index in [4.69, 9.17) is 9.47 Å². The topological polar surface area (TPSA) is 72.9 Å². The lowest BCUT2D eigenvalue weighted by molar-refractivity contribution is -0.138. The van der Waals surface area contributed by atoms with Gasteiger partial charge in [-0.1, -0.05) is 30.3 Å². The Bertz CT molecular complexity index is 1110. The molecule has 3 aromatic rings. The molecule has 0 atom stereocenters. The molecule has 29 heavy (non-hydrogen) atoms. The predicted molar refractivity (Wildman–Crippen MR) is 113 cm³/mol. The minimum absolute atomic E-state index is 0.00615. The molecule has 0 radical (unpaired) electrons. The van der Waals surface area contributed by atoms with Gasteiger partial charge in [0, 0.05) is 0 Å². The largest absolute Gasteiger partial charge is 0.491 e. The van der Waals surface area contributed by atoms with Crippen LogP contribution in [0.1, 0.15) is 13.8 Å². The van der Waals surface area contributed by atoms with Gasteiger partial charge in [0.25, 0.3) is 10.0 Å². The molecule has 0 aliphatic carbocycles. The number of ether oxygens (including phenoxy) is 2. The van der Waals surface area contributed by atoms with Crippen LogP contribution in [0, 0.1) is 0 Å². The number of esters is 1. The summed E-state index contributed by atoms with van der Waals surface area (Å²) >= 11 is 0. The van der Waals surface area contributed by atoms with Gasteiger partial charge >= 0.3 is 5.97 Å². The van der Waals surface area contributed by atoms with E-state index >= 15 is 0 Å². The van der Waals surface area contributed by atoms with E-state index in [1.807, 2.05) is 38.1 Å². The Morgan fingerprint density at radius 1 is 0.966 bits per heavy atom. The summed E-state index contributed by atoms with van der Waals surface area (Å²) in [6.45, 7) is 3.37. The zero-order chi connectivity index (χ0) is 21.0. The lowest BCUT2D eigenvalue weighted by Crippen LogP contribution is -2.36. The van der Waals surface area contributed by atoms with Gasteiger partial charge in [-0.05, 0) is 61.0 Å². The molecule has 3 rings (SSSR count). The highest BCUT2D eigenvalue weighted by Crippen LogP contribution is 2.28. The zero-order valence-electron chi connectivity index (χ0n) is 16.5. The Morgan fingerprint density at radius 3 is 2.24 bits per heavy atom. The highest BCUT2D eigenvalue weighted by Gasteiger charge is 2.28. The maximum atomic E-state index is 13.4. The molecule has 0 spiro atoms. The first-order valence-corrected chi connectivity index (χ1v) is 10.6.